The number of ether oxygens (including phenoxy) is 2. The van der Waals surface area contributed by atoms with Crippen molar-refractivity contribution in [2.75, 3.05) is 20.9 Å². The van der Waals surface area contributed by atoms with Crippen LogP contribution in [0.4, 0.5) is 0 Å². The van der Waals surface area contributed by atoms with Crippen molar-refractivity contribution in [2.45, 2.75) is 13.5 Å². The molecule has 5 rings (SSSR count). The van der Waals surface area contributed by atoms with E-state index in [0.717, 1.165) is 27.4 Å². The molecule has 0 spiro atoms. The molecule has 2 heterocycles. The summed E-state index contributed by atoms with van der Waals surface area (Å²) in [6, 6.07) is 24.4. The number of hydrogen-bond acceptors (Lipinski definition) is 6. The molecule has 0 aliphatic rings. The van der Waals surface area contributed by atoms with E-state index in [0.29, 0.717) is 16.7 Å². The number of aromatic nitrogens is 2. The first kappa shape index (κ1) is 26.9. The second-order valence-electron chi connectivity index (χ2n) is 8.82. The second-order valence-corrected chi connectivity index (χ2v) is 11.3. The van der Waals surface area contributed by atoms with E-state index in [1.165, 1.54) is 19.8 Å². The van der Waals surface area contributed by atoms with Crippen LogP contribution in [0.3, 0.4) is 0 Å². The summed E-state index contributed by atoms with van der Waals surface area (Å²) in [5.41, 5.74) is 4.73. The lowest BCUT2D eigenvalue weighted by Crippen LogP contribution is -2.06. The van der Waals surface area contributed by atoms with E-state index in [-0.39, 0.29) is 12.6 Å². The maximum Gasteiger partial charge on any atom is 0.354 e. The molecule has 0 saturated heterocycles. The predicted molar refractivity (Wildman–Crippen MR) is 148 cm³/mol. The van der Waals surface area contributed by atoms with Crippen molar-refractivity contribution in [3.8, 4) is 0 Å². The fraction of sp³-hybridized carbons (Fsp3) is 0.172. The molecule has 0 saturated carbocycles. The average molecular weight is 533 g/mol. The van der Waals surface area contributed by atoms with E-state index in [1.807, 2.05) is 55.5 Å². The minimum absolute atomic E-state index is 0.285. The van der Waals surface area contributed by atoms with Crippen molar-refractivity contribution in [1.82, 2.24) is 9.97 Å². The number of rotatable bonds is 6. The maximum atomic E-state index is 12.9. The normalized spacial score (nSPS) is 12.4. The highest BCUT2D eigenvalue weighted by molar-refractivity contribution is 7.66. The van der Waals surface area contributed by atoms with Crippen LogP contribution in [0.5, 0.6) is 0 Å². The van der Waals surface area contributed by atoms with Crippen LogP contribution in [-0.2, 0) is 25.2 Å². The van der Waals surface area contributed by atoms with E-state index in [2.05, 4.69) is 14.7 Å². The van der Waals surface area contributed by atoms with Gasteiger partial charge in [-0.1, -0.05) is 42.0 Å². The first-order valence-corrected chi connectivity index (χ1v) is 13.9. The van der Waals surface area contributed by atoms with Gasteiger partial charge in [0.05, 0.1) is 20.8 Å². The van der Waals surface area contributed by atoms with E-state index in [1.54, 1.807) is 37.0 Å². The summed E-state index contributed by atoms with van der Waals surface area (Å²) in [4.78, 5) is 28.8. The molecule has 1 atom stereocenters. The van der Waals surface area contributed by atoms with E-state index in [9.17, 15) is 14.2 Å². The van der Waals surface area contributed by atoms with Crippen LogP contribution in [0.15, 0.2) is 78.9 Å². The molecule has 9 heteroatoms. The minimum Gasteiger partial charge on any atom is -0.464 e. The number of fused-ring (bicyclic) bond motifs is 2. The standard InChI is InChI=1S/C18H18NO4P.C11H11NO2/c1-22-18(20)17-11-14-10-15(8-9-16(14)19-17)24(2,21)23-12-13-6-4-3-5-7-13;1-7-3-4-9-8(5-7)6-10(12-9)11(13)14-2/h3-11,19H,12H2,1-2H3;3-6,12H,1-2H3. The van der Waals surface area contributed by atoms with Gasteiger partial charge in [0.2, 0.25) is 7.37 Å². The third-order valence-corrected chi connectivity index (χ3v) is 7.82. The van der Waals surface area contributed by atoms with Gasteiger partial charge in [-0.2, -0.15) is 0 Å². The Bertz CT molecular complexity index is 1640. The zero-order valence-electron chi connectivity index (χ0n) is 21.6. The van der Waals surface area contributed by atoms with Gasteiger partial charge in [-0.25, -0.2) is 9.59 Å². The topological polar surface area (TPSA) is 110 Å². The molecule has 0 aliphatic heterocycles. The molecule has 196 valence electrons. The van der Waals surface area contributed by atoms with Crippen LogP contribution >= 0.6 is 7.37 Å². The number of carbonyl (C=O) groups excluding carboxylic acids is 2. The highest BCUT2D eigenvalue weighted by Crippen LogP contribution is 2.42. The van der Waals surface area contributed by atoms with Gasteiger partial charge >= 0.3 is 11.9 Å². The zero-order valence-corrected chi connectivity index (χ0v) is 22.5. The number of benzene rings is 3. The molecule has 1 unspecified atom stereocenters. The van der Waals surface area contributed by atoms with E-state index < -0.39 is 13.3 Å². The SMILES string of the molecule is COC(=O)c1cc2cc(C)ccc2[nH]1.COC(=O)c1cc2cc(P(C)(=O)OCc3ccccc3)ccc2[nH]1. The van der Waals surface area contributed by atoms with Gasteiger partial charge in [0.1, 0.15) is 11.4 Å². The Hall–Kier alpha value is -4.13. The number of methoxy groups -OCH3 is 2. The quantitative estimate of drug-likeness (QED) is 0.206. The number of aryl methyl sites for hydroxylation is 1. The van der Waals surface area contributed by atoms with Gasteiger partial charge in [0.25, 0.3) is 0 Å². The van der Waals surface area contributed by atoms with Crippen molar-refractivity contribution < 1.29 is 28.2 Å². The minimum atomic E-state index is -2.97. The number of aromatic amines is 2. The Morgan fingerprint density at radius 1 is 0.763 bits per heavy atom. The van der Waals surface area contributed by atoms with Crippen molar-refractivity contribution in [2.24, 2.45) is 0 Å². The summed E-state index contributed by atoms with van der Waals surface area (Å²) in [7, 11) is -0.262. The molecule has 5 aromatic rings. The molecule has 38 heavy (non-hydrogen) atoms. The Labute approximate surface area is 220 Å². The molecule has 0 radical (unpaired) electrons. The molecule has 0 bridgehead atoms. The van der Waals surface area contributed by atoms with Crippen LogP contribution in [0.25, 0.3) is 21.8 Å². The van der Waals surface area contributed by atoms with Crippen molar-refractivity contribution in [3.05, 3.63) is 101 Å². The molecule has 8 nitrogen and oxygen atoms in total. The van der Waals surface area contributed by atoms with Gasteiger partial charge in [-0.15, -0.1) is 0 Å². The Morgan fingerprint density at radius 3 is 1.89 bits per heavy atom. The second kappa shape index (κ2) is 11.5. The van der Waals surface area contributed by atoms with Crippen LogP contribution < -0.4 is 5.30 Å². The highest BCUT2D eigenvalue weighted by Gasteiger charge is 2.21. The zero-order chi connectivity index (χ0) is 27.3. The van der Waals surface area contributed by atoms with Gasteiger partial charge < -0.3 is 24.0 Å². The number of hydrogen-bond donors (Lipinski definition) is 2. The molecule has 0 amide bonds. The third-order valence-electron chi connectivity index (χ3n) is 5.98. The summed E-state index contributed by atoms with van der Waals surface area (Å²) < 4.78 is 27.9. The Kier molecular flexibility index (Phi) is 8.15. The number of nitrogens with one attached hydrogen (secondary N) is 2. The number of H-pyrrole nitrogens is 2. The molecule has 0 aliphatic carbocycles. The first-order valence-electron chi connectivity index (χ1n) is 11.9. The summed E-state index contributed by atoms with van der Waals surface area (Å²) >= 11 is 0. The molecule has 0 fully saturated rings. The van der Waals surface area contributed by atoms with Crippen molar-refractivity contribution in [1.29, 1.82) is 0 Å². The fourth-order valence-electron chi connectivity index (χ4n) is 3.91. The fourth-order valence-corrected chi connectivity index (χ4v) is 5.17. The third kappa shape index (κ3) is 6.22. The lowest BCUT2D eigenvalue weighted by molar-refractivity contribution is 0.0586. The monoisotopic (exact) mass is 532 g/mol. The van der Waals surface area contributed by atoms with Crippen LogP contribution in [0.2, 0.25) is 0 Å². The molecule has 3 aromatic carbocycles. The predicted octanol–water partition coefficient (Wildman–Crippen LogP) is 5.97. The number of carbonyl (C=O) groups is 2. The maximum absolute atomic E-state index is 12.9. The first-order chi connectivity index (χ1) is 18.2. The van der Waals surface area contributed by atoms with Crippen molar-refractivity contribution >= 4 is 46.4 Å². The summed E-state index contributed by atoms with van der Waals surface area (Å²) in [5.74, 6) is -0.772. The smallest absolute Gasteiger partial charge is 0.354 e. The largest absolute Gasteiger partial charge is 0.464 e. The molecule has 2 N–H and O–H groups in total. The average Bonchev–Trinajstić information content (AvgIpc) is 3.55. The Morgan fingerprint density at radius 2 is 1.32 bits per heavy atom. The van der Waals surface area contributed by atoms with Crippen LogP contribution in [0.1, 0.15) is 32.1 Å². The van der Waals surface area contributed by atoms with Crippen molar-refractivity contribution in [3.63, 3.8) is 0 Å². The van der Waals surface area contributed by atoms with Gasteiger partial charge in [0, 0.05) is 33.8 Å². The lowest BCUT2D eigenvalue weighted by Gasteiger charge is -2.14. The van der Waals surface area contributed by atoms with Gasteiger partial charge in [0.15, 0.2) is 0 Å². The summed E-state index contributed by atoms with van der Waals surface area (Å²) in [6.45, 7) is 3.91. The lowest BCUT2D eigenvalue weighted by atomic mass is 10.2. The summed E-state index contributed by atoms with van der Waals surface area (Å²) in [5, 5.41) is 2.44. The molecular weight excluding hydrogens is 503 g/mol. The van der Waals surface area contributed by atoms with E-state index >= 15 is 0 Å². The Balaban J connectivity index is 0.000000204. The van der Waals surface area contributed by atoms with Gasteiger partial charge in [-0.05, 0) is 55.0 Å². The molecule has 2 aromatic heterocycles. The van der Waals surface area contributed by atoms with Crippen LogP contribution in [0, 0.1) is 6.92 Å². The molecular formula is C29H29N2O6P. The van der Waals surface area contributed by atoms with Crippen LogP contribution in [-0.4, -0.2) is 42.8 Å². The van der Waals surface area contributed by atoms with Gasteiger partial charge in [-0.3, -0.25) is 4.57 Å². The number of esters is 2. The highest BCUT2D eigenvalue weighted by atomic mass is 31.2. The summed E-state index contributed by atoms with van der Waals surface area (Å²) in [6.07, 6.45) is 0. The van der Waals surface area contributed by atoms with E-state index in [4.69, 9.17) is 9.26 Å².